The number of aliphatic hydroxyl groups excluding tert-OH is 1. The molecular formula is C13H19ClN2O2. The molecule has 100 valence electrons. The predicted molar refractivity (Wildman–Crippen MR) is 73.7 cm³/mol. The minimum Gasteiger partial charge on any atom is -0.398 e. The van der Waals surface area contributed by atoms with Crippen molar-refractivity contribution in [2.24, 2.45) is 0 Å². The second kappa shape index (κ2) is 6.61. The minimum absolute atomic E-state index is 0.0431. The van der Waals surface area contributed by atoms with Gasteiger partial charge in [-0.1, -0.05) is 17.7 Å². The number of benzene rings is 1. The minimum atomic E-state index is -0.157. The molecule has 1 aromatic carbocycles. The second-order valence-corrected chi connectivity index (χ2v) is 4.76. The number of halogens is 1. The van der Waals surface area contributed by atoms with Gasteiger partial charge in [-0.2, -0.15) is 0 Å². The Balaban J connectivity index is 2.98. The topological polar surface area (TPSA) is 66.6 Å². The van der Waals surface area contributed by atoms with Crippen molar-refractivity contribution >= 4 is 23.2 Å². The van der Waals surface area contributed by atoms with Gasteiger partial charge in [0.2, 0.25) is 0 Å². The highest BCUT2D eigenvalue weighted by Gasteiger charge is 2.21. The average Bonchev–Trinajstić information content (AvgIpc) is 2.32. The van der Waals surface area contributed by atoms with Gasteiger partial charge >= 0.3 is 0 Å². The third kappa shape index (κ3) is 3.37. The van der Waals surface area contributed by atoms with E-state index >= 15 is 0 Å². The molecule has 0 aliphatic heterocycles. The third-order valence-corrected chi connectivity index (χ3v) is 3.12. The quantitative estimate of drug-likeness (QED) is 0.806. The van der Waals surface area contributed by atoms with Crippen LogP contribution in [-0.2, 0) is 0 Å². The maximum absolute atomic E-state index is 12.4. The first-order valence-corrected chi connectivity index (χ1v) is 6.32. The van der Waals surface area contributed by atoms with E-state index in [0.29, 0.717) is 24.2 Å². The number of carbonyl (C=O) groups is 1. The summed E-state index contributed by atoms with van der Waals surface area (Å²) in [5.74, 6) is -0.157. The van der Waals surface area contributed by atoms with Gasteiger partial charge in [0.15, 0.2) is 0 Å². The van der Waals surface area contributed by atoms with Crippen LogP contribution < -0.4 is 5.73 Å². The van der Waals surface area contributed by atoms with Gasteiger partial charge in [0.1, 0.15) is 0 Å². The number of rotatable bonds is 5. The van der Waals surface area contributed by atoms with Gasteiger partial charge in [-0.15, -0.1) is 0 Å². The van der Waals surface area contributed by atoms with Crippen molar-refractivity contribution in [1.82, 2.24) is 4.90 Å². The molecule has 0 aliphatic carbocycles. The summed E-state index contributed by atoms with van der Waals surface area (Å²) < 4.78 is 0. The van der Waals surface area contributed by atoms with Crippen LogP contribution in [0, 0.1) is 0 Å². The fourth-order valence-electron chi connectivity index (χ4n) is 1.71. The number of nitrogen functional groups attached to an aromatic ring is 1. The molecule has 0 fully saturated rings. The molecule has 3 N–H and O–H groups in total. The van der Waals surface area contributed by atoms with E-state index in [1.807, 2.05) is 13.8 Å². The van der Waals surface area contributed by atoms with Gasteiger partial charge in [-0.25, -0.2) is 0 Å². The molecule has 1 rings (SSSR count). The number of carbonyl (C=O) groups excluding carboxylic acids is 1. The van der Waals surface area contributed by atoms with Gasteiger partial charge in [0.05, 0.1) is 16.3 Å². The summed E-state index contributed by atoms with van der Waals surface area (Å²) in [6.45, 7) is 4.41. The van der Waals surface area contributed by atoms with Gasteiger partial charge in [-0.05, 0) is 32.4 Å². The maximum atomic E-state index is 12.4. The van der Waals surface area contributed by atoms with Crippen LogP contribution in [0.2, 0.25) is 5.02 Å². The molecule has 0 saturated carbocycles. The summed E-state index contributed by atoms with van der Waals surface area (Å²) in [5.41, 5.74) is 6.49. The predicted octanol–water partition coefficient (Wildman–Crippen LogP) is 2.16. The van der Waals surface area contributed by atoms with Crippen molar-refractivity contribution < 1.29 is 9.90 Å². The molecule has 18 heavy (non-hydrogen) atoms. The largest absolute Gasteiger partial charge is 0.398 e. The normalized spacial score (nSPS) is 10.7. The number of aliphatic hydroxyl groups is 1. The van der Waals surface area contributed by atoms with Crippen LogP contribution in [0.15, 0.2) is 18.2 Å². The molecule has 0 radical (unpaired) electrons. The Kier molecular flexibility index (Phi) is 5.44. The monoisotopic (exact) mass is 270 g/mol. The first-order chi connectivity index (χ1) is 8.49. The van der Waals surface area contributed by atoms with Crippen LogP contribution >= 0.6 is 11.6 Å². The summed E-state index contributed by atoms with van der Waals surface area (Å²) >= 11 is 6.05. The molecule has 0 unspecified atom stereocenters. The average molecular weight is 271 g/mol. The lowest BCUT2D eigenvalue weighted by Crippen LogP contribution is -2.38. The Morgan fingerprint density at radius 1 is 1.50 bits per heavy atom. The highest BCUT2D eigenvalue weighted by atomic mass is 35.5. The van der Waals surface area contributed by atoms with E-state index in [2.05, 4.69) is 0 Å². The van der Waals surface area contributed by atoms with Gasteiger partial charge in [0.25, 0.3) is 5.91 Å². The summed E-state index contributed by atoms with van der Waals surface area (Å²) in [6.07, 6.45) is 0.545. The van der Waals surface area contributed by atoms with Crippen LogP contribution in [0.5, 0.6) is 0 Å². The Labute approximate surface area is 112 Å². The number of amides is 1. The van der Waals surface area contributed by atoms with Crippen LogP contribution in [0.25, 0.3) is 0 Å². The molecule has 0 saturated heterocycles. The summed E-state index contributed by atoms with van der Waals surface area (Å²) in [7, 11) is 0. The summed E-state index contributed by atoms with van der Waals surface area (Å²) in [4.78, 5) is 14.0. The van der Waals surface area contributed by atoms with Crippen molar-refractivity contribution in [3.63, 3.8) is 0 Å². The molecule has 0 heterocycles. The lowest BCUT2D eigenvalue weighted by Gasteiger charge is -2.27. The maximum Gasteiger partial charge on any atom is 0.255 e. The van der Waals surface area contributed by atoms with Gasteiger partial charge in [-0.3, -0.25) is 4.79 Å². The number of nitrogens with zero attached hydrogens (tertiary/aromatic N) is 1. The number of anilines is 1. The van der Waals surface area contributed by atoms with Gasteiger partial charge in [0, 0.05) is 19.2 Å². The molecule has 1 amide bonds. The van der Waals surface area contributed by atoms with Crippen LogP contribution in [-0.4, -0.2) is 35.1 Å². The zero-order valence-corrected chi connectivity index (χ0v) is 11.4. The van der Waals surface area contributed by atoms with Crippen molar-refractivity contribution in [3.05, 3.63) is 28.8 Å². The van der Waals surface area contributed by atoms with E-state index in [-0.39, 0.29) is 23.6 Å². The van der Waals surface area contributed by atoms with E-state index in [1.54, 1.807) is 23.1 Å². The molecule has 4 nitrogen and oxygen atoms in total. The Bertz CT molecular complexity index is 421. The Morgan fingerprint density at radius 3 is 2.72 bits per heavy atom. The van der Waals surface area contributed by atoms with Crippen molar-refractivity contribution in [3.8, 4) is 0 Å². The van der Waals surface area contributed by atoms with E-state index in [9.17, 15) is 4.79 Å². The van der Waals surface area contributed by atoms with E-state index < -0.39 is 0 Å². The molecular weight excluding hydrogens is 252 g/mol. The Hall–Kier alpha value is -1.26. The third-order valence-electron chi connectivity index (χ3n) is 2.70. The first kappa shape index (κ1) is 14.8. The molecule has 0 aromatic heterocycles. The standard InChI is InChI=1S/C13H19ClN2O2/c1-9(2)16(7-4-8-17)13(18)10-5-3-6-11(15)12(10)14/h3,5-6,9,17H,4,7-8,15H2,1-2H3. The number of hydrogen-bond acceptors (Lipinski definition) is 3. The highest BCUT2D eigenvalue weighted by Crippen LogP contribution is 2.24. The zero-order chi connectivity index (χ0) is 13.7. The first-order valence-electron chi connectivity index (χ1n) is 5.94. The summed E-state index contributed by atoms with van der Waals surface area (Å²) in [5, 5.41) is 9.15. The molecule has 0 spiro atoms. The SMILES string of the molecule is CC(C)N(CCCO)C(=O)c1cccc(N)c1Cl. The lowest BCUT2D eigenvalue weighted by molar-refractivity contribution is 0.0693. The highest BCUT2D eigenvalue weighted by molar-refractivity contribution is 6.36. The second-order valence-electron chi connectivity index (χ2n) is 4.38. The lowest BCUT2D eigenvalue weighted by atomic mass is 10.1. The van der Waals surface area contributed by atoms with Crippen LogP contribution in [0.4, 0.5) is 5.69 Å². The summed E-state index contributed by atoms with van der Waals surface area (Å²) in [6, 6.07) is 5.07. The fourth-order valence-corrected chi connectivity index (χ4v) is 1.91. The number of nitrogens with two attached hydrogens (primary N) is 1. The van der Waals surface area contributed by atoms with E-state index in [4.69, 9.17) is 22.4 Å². The van der Waals surface area contributed by atoms with Crippen LogP contribution in [0.3, 0.4) is 0 Å². The molecule has 0 bridgehead atoms. The molecule has 0 aliphatic rings. The Morgan fingerprint density at radius 2 is 2.17 bits per heavy atom. The molecule has 1 aromatic rings. The van der Waals surface area contributed by atoms with Crippen LogP contribution in [0.1, 0.15) is 30.6 Å². The van der Waals surface area contributed by atoms with Gasteiger partial charge < -0.3 is 15.7 Å². The van der Waals surface area contributed by atoms with Crippen molar-refractivity contribution in [2.75, 3.05) is 18.9 Å². The van der Waals surface area contributed by atoms with Crippen molar-refractivity contribution in [2.45, 2.75) is 26.3 Å². The molecule has 0 atom stereocenters. The molecule has 5 heteroatoms. The van der Waals surface area contributed by atoms with E-state index in [0.717, 1.165) is 0 Å². The zero-order valence-electron chi connectivity index (χ0n) is 10.7. The fraction of sp³-hybridized carbons (Fsp3) is 0.462. The van der Waals surface area contributed by atoms with Crippen molar-refractivity contribution in [1.29, 1.82) is 0 Å². The smallest absolute Gasteiger partial charge is 0.255 e. The number of hydrogen-bond donors (Lipinski definition) is 2. The van der Waals surface area contributed by atoms with E-state index in [1.165, 1.54) is 0 Å².